The standard InChI is InChI=1S/C19H29N3/c1-14(2)19-11-17-16(5-4-6-18(17)21-19)13-20-12-15-7-9-22(3)10-8-15/h4-6,11,14-15,20-21H,7-10,12-13H2,1-3H3. The number of aromatic amines is 1. The fourth-order valence-corrected chi connectivity index (χ4v) is 3.38. The van der Waals surface area contributed by atoms with Gasteiger partial charge in [0, 0.05) is 23.1 Å². The molecule has 0 spiro atoms. The van der Waals surface area contributed by atoms with Gasteiger partial charge in [0.25, 0.3) is 0 Å². The van der Waals surface area contributed by atoms with Crippen molar-refractivity contribution in [3.05, 3.63) is 35.5 Å². The van der Waals surface area contributed by atoms with Gasteiger partial charge in [0.2, 0.25) is 0 Å². The van der Waals surface area contributed by atoms with Gasteiger partial charge < -0.3 is 15.2 Å². The molecule has 0 atom stereocenters. The van der Waals surface area contributed by atoms with Gasteiger partial charge in [-0.1, -0.05) is 26.0 Å². The SMILES string of the molecule is CC(C)c1cc2c(CNCC3CCN(C)CC3)cccc2[nH]1. The van der Waals surface area contributed by atoms with Gasteiger partial charge in [0.05, 0.1) is 0 Å². The van der Waals surface area contributed by atoms with Crippen LogP contribution in [0.4, 0.5) is 0 Å². The molecule has 22 heavy (non-hydrogen) atoms. The number of hydrogen-bond donors (Lipinski definition) is 2. The normalized spacial score (nSPS) is 17.6. The number of hydrogen-bond acceptors (Lipinski definition) is 2. The Hall–Kier alpha value is -1.32. The zero-order chi connectivity index (χ0) is 15.5. The number of likely N-dealkylation sites (tertiary alicyclic amines) is 1. The number of nitrogens with zero attached hydrogens (tertiary/aromatic N) is 1. The highest BCUT2D eigenvalue weighted by Crippen LogP contribution is 2.24. The van der Waals surface area contributed by atoms with E-state index in [1.54, 1.807) is 0 Å². The summed E-state index contributed by atoms with van der Waals surface area (Å²) < 4.78 is 0. The smallest absolute Gasteiger partial charge is 0.0459 e. The number of piperidine rings is 1. The molecule has 0 bridgehead atoms. The molecule has 1 aliphatic heterocycles. The summed E-state index contributed by atoms with van der Waals surface area (Å²) in [6.07, 6.45) is 2.66. The summed E-state index contributed by atoms with van der Waals surface area (Å²) in [7, 11) is 2.22. The molecule has 2 aromatic rings. The molecule has 0 aliphatic carbocycles. The van der Waals surface area contributed by atoms with Gasteiger partial charge in [-0.15, -0.1) is 0 Å². The van der Waals surface area contributed by atoms with Gasteiger partial charge in [-0.25, -0.2) is 0 Å². The summed E-state index contributed by atoms with van der Waals surface area (Å²) in [5.41, 5.74) is 4.01. The van der Waals surface area contributed by atoms with Crippen molar-refractivity contribution in [2.45, 2.75) is 39.2 Å². The third kappa shape index (κ3) is 3.53. The lowest BCUT2D eigenvalue weighted by Crippen LogP contribution is -2.34. The van der Waals surface area contributed by atoms with Crippen LogP contribution in [-0.2, 0) is 6.54 Å². The predicted octanol–water partition coefficient (Wildman–Crippen LogP) is 3.72. The molecule has 1 aliphatic rings. The summed E-state index contributed by atoms with van der Waals surface area (Å²) in [5.74, 6) is 1.39. The molecule has 3 heteroatoms. The second-order valence-corrected chi connectivity index (χ2v) is 7.14. The molecule has 3 rings (SSSR count). The van der Waals surface area contributed by atoms with Crippen molar-refractivity contribution < 1.29 is 0 Å². The number of H-pyrrole nitrogens is 1. The van der Waals surface area contributed by atoms with Crippen LogP contribution < -0.4 is 5.32 Å². The number of fused-ring (bicyclic) bond motifs is 1. The zero-order valence-electron chi connectivity index (χ0n) is 14.2. The quantitative estimate of drug-likeness (QED) is 0.881. The molecule has 3 nitrogen and oxygen atoms in total. The van der Waals surface area contributed by atoms with Crippen molar-refractivity contribution >= 4 is 10.9 Å². The lowest BCUT2D eigenvalue weighted by atomic mass is 9.97. The van der Waals surface area contributed by atoms with E-state index in [0.29, 0.717) is 5.92 Å². The summed E-state index contributed by atoms with van der Waals surface area (Å²) in [4.78, 5) is 5.98. The molecule has 0 radical (unpaired) electrons. The average Bonchev–Trinajstić information content (AvgIpc) is 2.94. The summed E-state index contributed by atoms with van der Waals surface area (Å²) >= 11 is 0. The Morgan fingerprint density at radius 1 is 1.27 bits per heavy atom. The van der Waals surface area contributed by atoms with E-state index in [1.807, 2.05) is 0 Å². The summed E-state index contributed by atoms with van der Waals surface area (Å²) in [6.45, 7) is 9.09. The molecule has 0 saturated carbocycles. The molecule has 1 aromatic heterocycles. The molecule has 1 aromatic carbocycles. The van der Waals surface area contributed by atoms with E-state index in [1.165, 1.54) is 48.1 Å². The van der Waals surface area contributed by atoms with Gasteiger partial charge in [0.1, 0.15) is 0 Å². The number of nitrogens with one attached hydrogen (secondary N) is 2. The van der Waals surface area contributed by atoms with Crippen LogP contribution in [0.3, 0.4) is 0 Å². The lowest BCUT2D eigenvalue weighted by molar-refractivity contribution is 0.216. The Morgan fingerprint density at radius 3 is 2.77 bits per heavy atom. The Morgan fingerprint density at radius 2 is 2.05 bits per heavy atom. The first kappa shape index (κ1) is 15.6. The van der Waals surface area contributed by atoms with Gasteiger partial charge in [-0.3, -0.25) is 0 Å². The van der Waals surface area contributed by atoms with Crippen molar-refractivity contribution in [3.8, 4) is 0 Å². The number of rotatable bonds is 5. The number of aromatic nitrogens is 1. The van der Waals surface area contributed by atoms with E-state index in [9.17, 15) is 0 Å². The van der Waals surface area contributed by atoms with Crippen LogP contribution in [0.2, 0.25) is 0 Å². The third-order valence-corrected chi connectivity index (χ3v) is 4.98. The molecule has 120 valence electrons. The highest BCUT2D eigenvalue weighted by Gasteiger charge is 2.16. The van der Waals surface area contributed by atoms with Crippen LogP contribution >= 0.6 is 0 Å². The lowest BCUT2D eigenvalue weighted by Gasteiger charge is -2.29. The molecular weight excluding hydrogens is 270 g/mol. The van der Waals surface area contributed by atoms with E-state index in [2.05, 4.69) is 60.4 Å². The van der Waals surface area contributed by atoms with E-state index < -0.39 is 0 Å². The molecule has 1 fully saturated rings. The van der Waals surface area contributed by atoms with Crippen LogP contribution in [-0.4, -0.2) is 36.6 Å². The first-order chi connectivity index (χ1) is 10.6. The summed E-state index contributed by atoms with van der Waals surface area (Å²) in [5, 5.41) is 5.06. The largest absolute Gasteiger partial charge is 0.358 e. The van der Waals surface area contributed by atoms with E-state index in [4.69, 9.17) is 0 Å². The van der Waals surface area contributed by atoms with Gasteiger partial charge >= 0.3 is 0 Å². The van der Waals surface area contributed by atoms with E-state index in [0.717, 1.165) is 19.0 Å². The summed E-state index contributed by atoms with van der Waals surface area (Å²) in [6, 6.07) is 8.92. The number of benzene rings is 1. The first-order valence-electron chi connectivity index (χ1n) is 8.63. The fourth-order valence-electron chi connectivity index (χ4n) is 3.38. The van der Waals surface area contributed by atoms with Crippen molar-refractivity contribution in [2.24, 2.45) is 5.92 Å². The highest BCUT2D eigenvalue weighted by molar-refractivity contribution is 5.84. The monoisotopic (exact) mass is 299 g/mol. The van der Waals surface area contributed by atoms with Crippen LogP contribution in [0.15, 0.2) is 24.3 Å². The van der Waals surface area contributed by atoms with Crippen LogP contribution in [0, 0.1) is 5.92 Å². The van der Waals surface area contributed by atoms with Crippen LogP contribution in [0.5, 0.6) is 0 Å². The molecule has 2 N–H and O–H groups in total. The second kappa shape index (κ2) is 6.84. The Kier molecular flexibility index (Phi) is 4.84. The second-order valence-electron chi connectivity index (χ2n) is 7.14. The minimum absolute atomic E-state index is 0.549. The zero-order valence-corrected chi connectivity index (χ0v) is 14.2. The topological polar surface area (TPSA) is 31.1 Å². The maximum Gasteiger partial charge on any atom is 0.0459 e. The Labute approximate surface area is 134 Å². The average molecular weight is 299 g/mol. The molecule has 0 unspecified atom stereocenters. The van der Waals surface area contributed by atoms with Gasteiger partial charge in [-0.2, -0.15) is 0 Å². The van der Waals surface area contributed by atoms with Crippen LogP contribution in [0.1, 0.15) is 43.9 Å². The molecule has 2 heterocycles. The van der Waals surface area contributed by atoms with Crippen molar-refractivity contribution in [2.75, 3.05) is 26.7 Å². The predicted molar refractivity (Wildman–Crippen MR) is 94.3 cm³/mol. The first-order valence-corrected chi connectivity index (χ1v) is 8.63. The molecule has 0 amide bonds. The van der Waals surface area contributed by atoms with E-state index in [-0.39, 0.29) is 0 Å². The molecule has 1 saturated heterocycles. The van der Waals surface area contributed by atoms with Gasteiger partial charge in [0.15, 0.2) is 0 Å². The Balaban J connectivity index is 1.61. The molecular formula is C19H29N3. The minimum atomic E-state index is 0.549. The minimum Gasteiger partial charge on any atom is -0.358 e. The maximum atomic E-state index is 3.68. The van der Waals surface area contributed by atoms with Crippen LogP contribution in [0.25, 0.3) is 10.9 Å². The van der Waals surface area contributed by atoms with Crippen molar-refractivity contribution in [1.29, 1.82) is 0 Å². The highest BCUT2D eigenvalue weighted by atomic mass is 15.1. The Bertz CT molecular complexity index is 606. The van der Waals surface area contributed by atoms with Crippen molar-refractivity contribution in [1.82, 2.24) is 15.2 Å². The maximum absolute atomic E-state index is 3.68. The van der Waals surface area contributed by atoms with E-state index >= 15 is 0 Å². The third-order valence-electron chi connectivity index (χ3n) is 4.98. The van der Waals surface area contributed by atoms with Gasteiger partial charge in [-0.05, 0) is 69.1 Å². The fraction of sp³-hybridized carbons (Fsp3) is 0.579. The van der Waals surface area contributed by atoms with Crippen molar-refractivity contribution in [3.63, 3.8) is 0 Å².